The molecule has 2 saturated heterocycles. The zero-order chi connectivity index (χ0) is 21.4. The third kappa shape index (κ3) is 5.23. The van der Waals surface area contributed by atoms with Gasteiger partial charge < -0.3 is 23.7 Å². The van der Waals surface area contributed by atoms with Crippen molar-refractivity contribution in [3.05, 3.63) is 18.3 Å². The van der Waals surface area contributed by atoms with Gasteiger partial charge in [-0.05, 0) is 61.0 Å². The van der Waals surface area contributed by atoms with Crippen LogP contribution in [-0.4, -0.2) is 59.6 Å². The van der Waals surface area contributed by atoms with E-state index in [0.29, 0.717) is 25.6 Å². The van der Waals surface area contributed by atoms with Crippen LogP contribution < -0.4 is 10.2 Å². The molecule has 0 aliphatic carbocycles. The maximum absolute atomic E-state index is 12.2. The smallest absolute Gasteiger partial charge is 0.477 e. The second-order valence-corrected chi connectivity index (χ2v) is 9.91. The summed E-state index contributed by atoms with van der Waals surface area (Å²) in [6.07, 6.45) is 2.37. The van der Waals surface area contributed by atoms with Gasteiger partial charge in [0.2, 0.25) is 5.88 Å². The lowest BCUT2D eigenvalue weighted by molar-refractivity contribution is 0.00578. The Hall–Kier alpha value is -1.80. The molecule has 0 spiro atoms. The Morgan fingerprint density at radius 3 is 2.45 bits per heavy atom. The Kier molecular flexibility index (Phi) is 5.89. The molecule has 3 heterocycles. The number of ether oxygens (including phenoxy) is 2. The molecule has 1 aromatic rings. The van der Waals surface area contributed by atoms with Crippen LogP contribution >= 0.6 is 0 Å². The fourth-order valence-corrected chi connectivity index (χ4v) is 3.26. The minimum atomic E-state index is -0.478. The number of likely N-dealkylation sites (tertiary alicyclic amines) is 1. The monoisotopic (exact) mass is 404 g/mol. The summed E-state index contributed by atoms with van der Waals surface area (Å²) in [5.74, 6) is 0.827. The van der Waals surface area contributed by atoms with E-state index in [0.717, 1.165) is 11.9 Å². The Labute approximate surface area is 174 Å². The molecule has 1 amide bonds. The third-order valence-corrected chi connectivity index (χ3v) is 5.69. The van der Waals surface area contributed by atoms with E-state index in [-0.39, 0.29) is 23.2 Å². The summed E-state index contributed by atoms with van der Waals surface area (Å²) in [6, 6.07) is 3.76. The molecule has 7 nitrogen and oxygen atoms in total. The molecule has 29 heavy (non-hydrogen) atoms. The van der Waals surface area contributed by atoms with Crippen LogP contribution in [0.3, 0.4) is 0 Å². The molecule has 0 aromatic carbocycles. The topological polar surface area (TPSA) is 70.1 Å². The van der Waals surface area contributed by atoms with Crippen molar-refractivity contribution in [1.82, 2.24) is 9.88 Å². The molecule has 2 aliphatic rings. The van der Waals surface area contributed by atoms with Crippen LogP contribution in [0.5, 0.6) is 5.88 Å². The normalized spacial score (nSPS) is 23.3. The lowest BCUT2D eigenvalue weighted by Crippen LogP contribution is -2.41. The van der Waals surface area contributed by atoms with Gasteiger partial charge in [-0.3, -0.25) is 0 Å². The highest BCUT2D eigenvalue weighted by Crippen LogP contribution is 2.36. The van der Waals surface area contributed by atoms with Gasteiger partial charge in [0, 0.05) is 30.7 Å². The van der Waals surface area contributed by atoms with E-state index in [1.807, 2.05) is 60.6 Å². The maximum Gasteiger partial charge on any atom is 0.496 e. The summed E-state index contributed by atoms with van der Waals surface area (Å²) >= 11 is 0. The summed E-state index contributed by atoms with van der Waals surface area (Å²) in [4.78, 5) is 18.3. The molecule has 0 bridgehead atoms. The van der Waals surface area contributed by atoms with Gasteiger partial charge in [0.25, 0.3) is 0 Å². The lowest BCUT2D eigenvalue weighted by Gasteiger charge is -2.32. The molecule has 0 N–H and O–H groups in total. The first-order chi connectivity index (χ1) is 13.4. The number of carbonyl (C=O) groups is 1. The molecule has 1 unspecified atom stereocenters. The van der Waals surface area contributed by atoms with E-state index >= 15 is 0 Å². The van der Waals surface area contributed by atoms with Crippen LogP contribution in [0.25, 0.3) is 0 Å². The van der Waals surface area contributed by atoms with Crippen molar-refractivity contribution < 1.29 is 23.6 Å². The first kappa shape index (κ1) is 21.9. The van der Waals surface area contributed by atoms with Crippen LogP contribution in [-0.2, 0) is 14.0 Å². The van der Waals surface area contributed by atoms with Gasteiger partial charge in [-0.2, -0.15) is 0 Å². The number of amides is 1. The van der Waals surface area contributed by atoms with E-state index in [1.165, 1.54) is 0 Å². The summed E-state index contributed by atoms with van der Waals surface area (Å²) in [5.41, 5.74) is -0.368. The average Bonchev–Trinajstić information content (AvgIpc) is 3.14. The van der Waals surface area contributed by atoms with Crippen molar-refractivity contribution in [2.24, 2.45) is 5.92 Å². The summed E-state index contributed by atoms with van der Waals surface area (Å²) in [6.45, 7) is 15.6. The number of rotatable bonds is 4. The van der Waals surface area contributed by atoms with Gasteiger partial charge in [0.1, 0.15) is 5.60 Å². The average molecular weight is 404 g/mol. The minimum absolute atomic E-state index is 0.259. The first-order valence-electron chi connectivity index (χ1n) is 10.3. The number of aromatic nitrogens is 1. The zero-order valence-corrected chi connectivity index (χ0v) is 18.7. The van der Waals surface area contributed by atoms with Crippen molar-refractivity contribution in [3.63, 3.8) is 0 Å². The predicted molar refractivity (Wildman–Crippen MR) is 111 cm³/mol. The minimum Gasteiger partial charge on any atom is -0.477 e. The van der Waals surface area contributed by atoms with Crippen LogP contribution in [0.1, 0.15) is 54.9 Å². The van der Waals surface area contributed by atoms with E-state index in [4.69, 9.17) is 18.8 Å². The van der Waals surface area contributed by atoms with Gasteiger partial charge in [-0.15, -0.1) is 0 Å². The number of hydrogen-bond acceptors (Lipinski definition) is 6. The Morgan fingerprint density at radius 2 is 1.90 bits per heavy atom. The largest absolute Gasteiger partial charge is 0.496 e. The Morgan fingerprint density at radius 1 is 1.24 bits per heavy atom. The number of nitrogens with zero attached hydrogens (tertiary/aromatic N) is 2. The van der Waals surface area contributed by atoms with Crippen molar-refractivity contribution in [2.75, 3.05) is 19.7 Å². The van der Waals surface area contributed by atoms with Gasteiger partial charge >= 0.3 is 13.2 Å². The van der Waals surface area contributed by atoms with E-state index in [9.17, 15) is 4.79 Å². The molecule has 1 atom stereocenters. The number of pyridine rings is 1. The van der Waals surface area contributed by atoms with Crippen molar-refractivity contribution in [2.45, 2.75) is 71.7 Å². The number of hydrogen-bond donors (Lipinski definition) is 0. The SMILES string of the molecule is CC(C)(C)OC(=O)N1CCC(COc2ccc(B3OC(C)(C)C(C)(C)O3)cn2)C1. The number of carbonyl (C=O) groups excluding carboxylic acids is 1. The van der Waals surface area contributed by atoms with Crippen LogP contribution in [0.4, 0.5) is 4.79 Å². The zero-order valence-electron chi connectivity index (χ0n) is 18.7. The molecule has 1 aromatic heterocycles. The summed E-state index contributed by atoms with van der Waals surface area (Å²) < 4.78 is 23.4. The van der Waals surface area contributed by atoms with Crippen molar-refractivity contribution >= 4 is 18.7 Å². The highest BCUT2D eigenvalue weighted by atomic mass is 16.7. The first-order valence-corrected chi connectivity index (χ1v) is 10.3. The van der Waals surface area contributed by atoms with Crippen LogP contribution in [0.15, 0.2) is 18.3 Å². The van der Waals surface area contributed by atoms with Gasteiger partial charge in [-0.25, -0.2) is 9.78 Å². The van der Waals surface area contributed by atoms with Gasteiger partial charge in [0.05, 0.1) is 17.8 Å². The molecule has 2 fully saturated rings. The van der Waals surface area contributed by atoms with Crippen LogP contribution in [0.2, 0.25) is 0 Å². The fraction of sp³-hybridized carbons (Fsp3) is 0.714. The highest BCUT2D eigenvalue weighted by Gasteiger charge is 2.51. The molecular weight excluding hydrogens is 371 g/mol. The molecule has 0 saturated carbocycles. The highest BCUT2D eigenvalue weighted by molar-refractivity contribution is 6.62. The van der Waals surface area contributed by atoms with Crippen molar-refractivity contribution in [1.29, 1.82) is 0 Å². The molecule has 0 radical (unpaired) electrons. The molecular formula is C21H33BN2O5. The molecule has 2 aliphatic heterocycles. The predicted octanol–water partition coefficient (Wildman–Crippen LogP) is 3.02. The second-order valence-electron chi connectivity index (χ2n) is 9.91. The van der Waals surface area contributed by atoms with Crippen molar-refractivity contribution in [3.8, 4) is 5.88 Å². The molecule has 8 heteroatoms. The Balaban J connectivity index is 1.49. The molecule has 160 valence electrons. The lowest BCUT2D eigenvalue weighted by atomic mass is 9.80. The van der Waals surface area contributed by atoms with E-state index in [2.05, 4.69) is 4.98 Å². The second kappa shape index (κ2) is 7.80. The quantitative estimate of drug-likeness (QED) is 0.719. The van der Waals surface area contributed by atoms with Gasteiger partial charge in [-0.1, -0.05) is 6.07 Å². The summed E-state index contributed by atoms with van der Waals surface area (Å²) in [7, 11) is -0.432. The summed E-state index contributed by atoms with van der Waals surface area (Å²) in [5, 5.41) is 0. The fourth-order valence-electron chi connectivity index (χ4n) is 3.26. The van der Waals surface area contributed by atoms with Gasteiger partial charge in [0.15, 0.2) is 0 Å². The standard InChI is InChI=1S/C21H33BN2O5/c1-19(2,3)27-18(25)24-11-10-15(13-24)14-26-17-9-8-16(12-23-17)22-28-20(4,5)21(6,7)29-22/h8-9,12,15H,10-11,13-14H2,1-7H3. The molecule has 3 rings (SSSR count). The van der Waals surface area contributed by atoms with E-state index in [1.54, 1.807) is 11.1 Å². The third-order valence-electron chi connectivity index (χ3n) is 5.69. The Bertz CT molecular complexity index is 714. The van der Waals surface area contributed by atoms with E-state index < -0.39 is 12.7 Å². The maximum atomic E-state index is 12.2. The van der Waals surface area contributed by atoms with Crippen LogP contribution in [0, 0.1) is 5.92 Å².